The monoisotopic (exact) mass is 383 g/mol. The van der Waals surface area contributed by atoms with E-state index in [1.165, 1.54) is 21.3 Å². The zero-order valence-electron chi connectivity index (χ0n) is 16.1. The van der Waals surface area contributed by atoms with Gasteiger partial charge in [-0.1, -0.05) is 0 Å². The minimum atomic E-state index is -0.541. The average Bonchev–Trinajstić information content (AvgIpc) is 3.08. The Balaban J connectivity index is 1.95. The van der Waals surface area contributed by atoms with Crippen LogP contribution in [-0.2, 0) is 9.53 Å². The molecule has 0 unspecified atom stereocenters. The maximum atomic E-state index is 12.3. The molecule has 7 heteroatoms. The standard InChI is InChI=1S/C21H21NO6/c1-5-27-15-9-6-13(7-10-15)20-22-16(21(23)28-20)12-14-8-11-17(24-2)19(26-4)18(14)25-3/h6-12H,5H2,1-4H3. The molecule has 0 aromatic heterocycles. The molecule has 0 saturated heterocycles. The van der Waals surface area contributed by atoms with Crippen molar-refractivity contribution in [3.8, 4) is 23.0 Å². The summed E-state index contributed by atoms with van der Waals surface area (Å²) in [5.74, 6) is 1.82. The fraction of sp³-hybridized carbons (Fsp3) is 0.238. The SMILES string of the molecule is CCOc1ccc(C2=NC(=Cc3ccc(OC)c(OC)c3OC)C(=O)O2)cc1. The van der Waals surface area contributed by atoms with E-state index in [0.717, 1.165) is 5.75 Å². The number of carbonyl (C=O) groups excluding carboxylic acids is 1. The lowest BCUT2D eigenvalue weighted by Crippen LogP contribution is -2.05. The highest BCUT2D eigenvalue weighted by atomic mass is 16.6. The summed E-state index contributed by atoms with van der Waals surface area (Å²) in [6, 6.07) is 10.7. The quantitative estimate of drug-likeness (QED) is 0.538. The summed E-state index contributed by atoms with van der Waals surface area (Å²) in [5.41, 5.74) is 1.46. The number of esters is 1. The van der Waals surface area contributed by atoms with Crippen LogP contribution in [0.25, 0.3) is 6.08 Å². The molecule has 2 aromatic carbocycles. The molecule has 0 spiro atoms. The van der Waals surface area contributed by atoms with E-state index in [9.17, 15) is 4.79 Å². The van der Waals surface area contributed by atoms with E-state index in [0.29, 0.717) is 35.0 Å². The zero-order valence-corrected chi connectivity index (χ0v) is 16.1. The highest BCUT2D eigenvalue weighted by Gasteiger charge is 2.25. The largest absolute Gasteiger partial charge is 0.494 e. The highest BCUT2D eigenvalue weighted by molar-refractivity contribution is 6.13. The summed E-state index contributed by atoms with van der Waals surface area (Å²) >= 11 is 0. The number of hydrogen-bond donors (Lipinski definition) is 0. The van der Waals surface area contributed by atoms with E-state index in [4.69, 9.17) is 23.7 Å². The van der Waals surface area contributed by atoms with E-state index in [2.05, 4.69) is 4.99 Å². The van der Waals surface area contributed by atoms with Crippen molar-refractivity contribution in [2.45, 2.75) is 6.92 Å². The number of ether oxygens (including phenoxy) is 5. The maximum absolute atomic E-state index is 12.3. The highest BCUT2D eigenvalue weighted by Crippen LogP contribution is 2.40. The number of rotatable bonds is 7. The van der Waals surface area contributed by atoms with Crippen molar-refractivity contribution in [1.29, 1.82) is 0 Å². The molecule has 28 heavy (non-hydrogen) atoms. The van der Waals surface area contributed by atoms with Gasteiger partial charge in [-0.05, 0) is 49.4 Å². The van der Waals surface area contributed by atoms with Crippen molar-refractivity contribution >= 4 is 17.9 Å². The van der Waals surface area contributed by atoms with E-state index >= 15 is 0 Å². The van der Waals surface area contributed by atoms with Crippen LogP contribution in [-0.4, -0.2) is 39.8 Å². The Morgan fingerprint density at radius 2 is 1.68 bits per heavy atom. The first-order valence-electron chi connectivity index (χ1n) is 8.66. The van der Waals surface area contributed by atoms with Gasteiger partial charge in [0.15, 0.2) is 17.2 Å². The predicted octanol–water partition coefficient (Wildman–Crippen LogP) is 3.46. The third-order valence-electron chi connectivity index (χ3n) is 4.06. The molecule has 0 aliphatic carbocycles. The molecule has 0 amide bonds. The first kappa shape index (κ1) is 19.3. The third kappa shape index (κ3) is 3.78. The second kappa shape index (κ2) is 8.47. The van der Waals surface area contributed by atoms with Crippen molar-refractivity contribution in [1.82, 2.24) is 0 Å². The summed E-state index contributed by atoms with van der Waals surface area (Å²) in [4.78, 5) is 16.6. The van der Waals surface area contributed by atoms with Crippen LogP contribution < -0.4 is 18.9 Å². The van der Waals surface area contributed by atoms with E-state index in [-0.39, 0.29) is 11.6 Å². The summed E-state index contributed by atoms with van der Waals surface area (Å²) < 4.78 is 26.8. The van der Waals surface area contributed by atoms with Crippen LogP contribution in [0.4, 0.5) is 0 Å². The number of hydrogen-bond acceptors (Lipinski definition) is 7. The average molecular weight is 383 g/mol. The van der Waals surface area contributed by atoms with E-state index < -0.39 is 5.97 Å². The lowest BCUT2D eigenvalue weighted by atomic mass is 10.1. The van der Waals surface area contributed by atoms with Crippen molar-refractivity contribution in [2.24, 2.45) is 4.99 Å². The minimum Gasteiger partial charge on any atom is -0.494 e. The molecule has 1 aliphatic rings. The Bertz CT molecular complexity index is 931. The number of cyclic esters (lactones) is 1. The Morgan fingerprint density at radius 3 is 2.29 bits per heavy atom. The molecule has 3 rings (SSSR count). The van der Waals surface area contributed by atoms with Crippen molar-refractivity contribution < 1.29 is 28.5 Å². The van der Waals surface area contributed by atoms with Gasteiger partial charge in [0, 0.05) is 11.1 Å². The molecule has 146 valence electrons. The molecule has 0 fully saturated rings. The molecule has 1 aliphatic heterocycles. The Morgan fingerprint density at radius 1 is 0.964 bits per heavy atom. The molecule has 0 atom stereocenters. The fourth-order valence-corrected chi connectivity index (χ4v) is 2.78. The molecule has 0 bridgehead atoms. The Labute approximate surface area is 163 Å². The number of benzene rings is 2. The van der Waals surface area contributed by atoms with Gasteiger partial charge in [-0.2, -0.15) is 0 Å². The van der Waals surface area contributed by atoms with Gasteiger partial charge < -0.3 is 23.7 Å². The molecule has 7 nitrogen and oxygen atoms in total. The van der Waals surface area contributed by atoms with Gasteiger partial charge in [0.25, 0.3) is 0 Å². The summed E-state index contributed by atoms with van der Waals surface area (Å²) in [6.07, 6.45) is 1.59. The Kier molecular flexibility index (Phi) is 5.84. The number of aliphatic imine (C=N–C) groups is 1. The number of carbonyl (C=O) groups is 1. The lowest BCUT2D eigenvalue weighted by molar-refractivity contribution is -0.129. The number of methoxy groups -OCH3 is 3. The van der Waals surface area contributed by atoms with Crippen LogP contribution in [0, 0.1) is 0 Å². The van der Waals surface area contributed by atoms with Crippen LogP contribution >= 0.6 is 0 Å². The zero-order chi connectivity index (χ0) is 20.1. The van der Waals surface area contributed by atoms with Crippen molar-refractivity contribution in [3.05, 3.63) is 53.2 Å². The molecule has 1 heterocycles. The van der Waals surface area contributed by atoms with Crippen LogP contribution in [0.15, 0.2) is 47.1 Å². The van der Waals surface area contributed by atoms with Crippen molar-refractivity contribution in [2.75, 3.05) is 27.9 Å². The summed E-state index contributed by atoms with van der Waals surface area (Å²) in [6.45, 7) is 2.49. The second-order valence-corrected chi connectivity index (χ2v) is 5.72. The third-order valence-corrected chi connectivity index (χ3v) is 4.06. The van der Waals surface area contributed by atoms with Gasteiger partial charge in [-0.3, -0.25) is 0 Å². The Hall–Kier alpha value is -3.48. The molecule has 0 saturated carbocycles. The summed E-state index contributed by atoms with van der Waals surface area (Å²) in [7, 11) is 4.57. The van der Waals surface area contributed by atoms with Gasteiger partial charge in [0.05, 0.1) is 27.9 Å². The smallest absolute Gasteiger partial charge is 0.363 e. The van der Waals surface area contributed by atoms with Gasteiger partial charge in [-0.25, -0.2) is 9.79 Å². The van der Waals surface area contributed by atoms with E-state index in [1.54, 1.807) is 42.5 Å². The fourth-order valence-electron chi connectivity index (χ4n) is 2.78. The van der Waals surface area contributed by atoms with Crippen LogP contribution in [0.2, 0.25) is 0 Å². The maximum Gasteiger partial charge on any atom is 0.363 e. The minimum absolute atomic E-state index is 0.161. The van der Waals surface area contributed by atoms with Gasteiger partial charge in [0.1, 0.15) is 5.75 Å². The molecule has 2 aromatic rings. The van der Waals surface area contributed by atoms with Gasteiger partial charge in [-0.15, -0.1) is 0 Å². The predicted molar refractivity (Wildman–Crippen MR) is 104 cm³/mol. The first-order chi connectivity index (χ1) is 13.6. The van der Waals surface area contributed by atoms with Crippen LogP contribution in [0.3, 0.4) is 0 Å². The first-order valence-corrected chi connectivity index (χ1v) is 8.66. The topological polar surface area (TPSA) is 75.6 Å². The second-order valence-electron chi connectivity index (χ2n) is 5.72. The molecular weight excluding hydrogens is 362 g/mol. The molecular formula is C21H21NO6. The van der Waals surface area contributed by atoms with Crippen molar-refractivity contribution in [3.63, 3.8) is 0 Å². The van der Waals surface area contributed by atoms with E-state index in [1.807, 2.05) is 6.92 Å². The summed E-state index contributed by atoms with van der Waals surface area (Å²) in [5, 5.41) is 0. The normalized spacial score (nSPS) is 14.5. The van der Waals surface area contributed by atoms with Crippen LogP contribution in [0.1, 0.15) is 18.1 Å². The van der Waals surface area contributed by atoms with Gasteiger partial charge in [0.2, 0.25) is 11.6 Å². The molecule has 0 N–H and O–H groups in total. The lowest BCUT2D eigenvalue weighted by Gasteiger charge is -2.14. The van der Waals surface area contributed by atoms with Gasteiger partial charge >= 0.3 is 5.97 Å². The van der Waals surface area contributed by atoms with Crippen LogP contribution in [0.5, 0.6) is 23.0 Å². The number of nitrogens with zero attached hydrogens (tertiary/aromatic N) is 1. The molecule has 0 radical (unpaired) electrons.